The van der Waals surface area contributed by atoms with Crippen LogP contribution in [0.2, 0.25) is 0 Å². The van der Waals surface area contributed by atoms with Gasteiger partial charge in [-0.15, -0.1) is 0 Å². The highest BCUT2D eigenvalue weighted by atomic mass is 16.6. The minimum atomic E-state index is -0.504. The first-order chi connectivity index (χ1) is 10.6. The lowest BCUT2D eigenvalue weighted by atomic mass is 10.1. The highest BCUT2D eigenvalue weighted by Gasteiger charge is 2.26. The summed E-state index contributed by atoms with van der Waals surface area (Å²) in [5.74, 6) is 0.262. The van der Waals surface area contributed by atoms with Gasteiger partial charge in [-0.1, -0.05) is 30.3 Å². The van der Waals surface area contributed by atoms with Gasteiger partial charge in [-0.2, -0.15) is 0 Å². The van der Waals surface area contributed by atoms with Crippen LogP contribution in [0, 0.1) is 10.1 Å². The molecule has 2 N–H and O–H groups in total. The molecule has 0 bridgehead atoms. The molecule has 22 heavy (non-hydrogen) atoms. The normalized spacial score (nSPS) is 10.5. The zero-order valence-corrected chi connectivity index (χ0v) is 11.5. The van der Waals surface area contributed by atoms with Crippen molar-refractivity contribution in [2.24, 2.45) is 0 Å². The number of nitrogen functional groups attached to an aromatic ring is 1. The van der Waals surface area contributed by atoms with Crippen LogP contribution >= 0.6 is 0 Å². The van der Waals surface area contributed by atoms with Crippen molar-refractivity contribution in [2.45, 2.75) is 6.42 Å². The summed E-state index contributed by atoms with van der Waals surface area (Å²) in [6.07, 6.45) is 1.71. The van der Waals surface area contributed by atoms with Crippen molar-refractivity contribution in [1.29, 1.82) is 0 Å². The van der Waals surface area contributed by atoms with Crippen LogP contribution in [0.15, 0.2) is 53.1 Å². The standard InChI is InChI=1S/C15H12N4O3/c16-15-17-11(9-10-5-2-1-3-6-10)14(19(20)21)13(18-15)12-7-4-8-22-12/h1-8H,9H2,(H2,16,17,18). The lowest BCUT2D eigenvalue weighted by molar-refractivity contribution is -0.385. The summed E-state index contributed by atoms with van der Waals surface area (Å²) in [7, 11) is 0. The van der Waals surface area contributed by atoms with Gasteiger partial charge in [0.15, 0.2) is 11.5 Å². The molecule has 0 saturated carbocycles. The summed E-state index contributed by atoms with van der Waals surface area (Å²) in [5, 5.41) is 11.5. The molecule has 0 fully saturated rings. The number of furan rings is 1. The van der Waals surface area contributed by atoms with Crippen LogP contribution in [0.5, 0.6) is 0 Å². The number of aromatic nitrogens is 2. The van der Waals surface area contributed by atoms with Crippen molar-refractivity contribution in [3.05, 3.63) is 70.1 Å². The molecule has 0 atom stereocenters. The van der Waals surface area contributed by atoms with Crippen LogP contribution in [0.4, 0.5) is 11.6 Å². The summed E-state index contributed by atoms with van der Waals surface area (Å²) >= 11 is 0. The van der Waals surface area contributed by atoms with Crippen molar-refractivity contribution in [3.8, 4) is 11.5 Å². The van der Waals surface area contributed by atoms with Gasteiger partial charge in [-0.3, -0.25) is 10.1 Å². The maximum absolute atomic E-state index is 11.5. The van der Waals surface area contributed by atoms with E-state index >= 15 is 0 Å². The fourth-order valence-electron chi connectivity index (χ4n) is 2.21. The van der Waals surface area contributed by atoms with E-state index in [4.69, 9.17) is 10.2 Å². The summed E-state index contributed by atoms with van der Waals surface area (Å²) in [6.45, 7) is 0. The van der Waals surface area contributed by atoms with Crippen LogP contribution in [0.1, 0.15) is 11.3 Å². The van der Waals surface area contributed by atoms with Gasteiger partial charge in [0.25, 0.3) is 0 Å². The van der Waals surface area contributed by atoms with Crippen LogP contribution in [-0.4, -0.2) is 14.9 Å². The Balaban J connectivity index is 2.15. The molecule has 0 amide bonds. The summed E-state index contributed by atoms with van der Waals surface area (Å²) < 4.78 is 5.22. The highest BCUT2D eigenvalue weighted by molar-refractivity contribution is 5.68. The van der Waals surface area contributed by atoms with Gasteiger partial charge in [0.2, 0.25) is 5.95 Å². The molecule has 0 unspecified atom stereocenters. The van der Waals surface area contributed by atoms with E-state index in [1.807, 2.05) is 30.3 Å². The monoisotopic (exact) mass is 296 g/mol. The van der Waals surface area contributed by atoms with Gasteiger partial charge in [-0.05, 0) is 17.7 Å². The Labute approximate surface area is 125 Å². The van der Waals surface area contributed by atoms with Crippen LogP contribution in [0.3, 0.4) is 0 Å². The molecule has 2 aromatic heterocycles. The zero-order valence-electron chi connectivity index (χ0n) is 11.5. The SMILES string of the molecule is Nc1nc(Cc2ccccc2)c([N+](=O)[O-])c(-c2ccco2)n1. The second-order valence-electron chi connectivity index (χ2n) is 4.62. The number of nitrogens with two attached hydrogens (primary N) is 1. The average Bonchev–Trinajstić information content (AvgIpc) is 3.01. The van der Waals surface area contributed by atoms with Gasteiger partial charge < -0.3 is 10.2 Å². The Bertz CT molecular complexity index is 801. The van der Waals surface area contributed by atoms with Crippen molar-refractivity contribution in [2.75, 3.05) is 5.73 Å². The molecule has 7 nitrogen and oxygen atoms in total. The first-order valence-electron chi connectivity index (χ1n) is 6.53. The number of rotatable bonds is 4. The van der Waals surface area contributed by atoms with E-state index in [1.165, 1.54) is 6.26 Å². The third-order valence-corrected chi connectivity index (χ3v) is 3.13. The number of nitrogens with zero attached hydrogens (tertiary/aromatic N) is 3. The predicted octanol–water partition coefficient (Wildman–Crippen LogP) is 2.82. The lowest BCUT2D eigenvalue weighted by Crippen LogP contribution is -2.07. The fourth-order valence-corrected chi connectivity index (χ4v) is 2.21. The lowest BCUT2D eigenvalue weighted by Gasteiger charge is -2.07. The Morgan fingerprint density at radius 1 is 1.14 bits per heavy atom. The van der Waals surface area contributed by atoms with Crippen LogP contribution < -0.4 is 5.73 Å². The minimum Gasteiger partial charge on any atom is -0.462 e. The maximum Gasteiger partial charge on any atom is 0.320 e. The molecule has 2 heterocycles. The van der Waals surface area contributed by atoms with Gasteiger partial charge in [0.05, 0.1) is 11.2 Å². The van der Waals surface area contributed by atoms with E-state index in [-0.39, 0.29) is 35.2 Å². The Morgan fingerprint density at radius 2 is 1.91 bits per heavy atom. The molecule has 7 heteroatoms. The molecule has 0 aliphatic rings. The third kappa shape index (κ3) is 2.64. The smallest absolute Gasteiger partial charge is 0.320 e. The van der Waals surface area contributed by atoms with E-state index < -0.39 is 4.92 Å². The zero-order chi connectivity index (χ0) is 15.5. The van der Waals surface area contributed by atoms with Gasteiger partial charge in [0.1, 0.15) is 5.69 Å². The van der Waals surface area contributed by atoms with Crippen molar-refractivity contribution in [3.63, 3.8) is 0 Å². The molecule has 1 aromatic carbocycles. The molecular formula is C15H12N4O3. The number of benzene rings is 1. The Kier molecular flexibility index (Phi) is 3.53. The first kappa shape index (κ1) is 13.7. The topological polar surface area (TPSA) is 108 Å². The predicted molar refractivity (Wildman–Crippen MR) is 80.0 cm³/mol. The largest absolute Gasteiger partial charge is 0.462 e. The summed E-state index contributed by atoms with van der Waals surface area (Å²) in [6, 6.07) is 12.6. The van der Waals surface area contributed by atoms with Gasteiger partial charge >= 0.3 is 5.69 Å². The molecule has 0 spiro atoms. The summed E-state index contributed by atoms with van der Waals surface area (Å²) in [5.41, 5.74) is 6.76. The number of anilines is 1. The second kappa shape index (κ2) is 5.65. The molecule has 0 radical (unpaired) electrons. The average molecular weight is 296 g/mol. The van der Waals surface area contributed by atoms with E-state index in [0.29, 0.717) is 0 Å². The fraction of sp³-hybridized carbons (Fsp3) is 0.0667. The molecule has 0 saturated heterocycles. The maximum atomic E-state index is 11.5. The minimum absolute atomic E-state index is 0.0251. The number of hydrogen-bond donors (Lipinski definition) is 1. The van der Waals surface area contributed by atoms with E-state index in [1.54, 1.807) is 12.1 Å². The molecule has 3 rings (SSSR count). The van der Waals surface area contributed by atoms with Crippen LogP contribution in [0.25, 0.3) is 11.5 Å². The molecule has 0 aliphatic heterocycles. The Morgan fingerprint density at radius 3 is 2.55 bits per heavy atom. The van der Waals surface area contributed by atoms with Crippen LogP contribution in [-0.2, 0) is 6.42 Å². The van der Waals surface area contributed by atoms with E-state index in [2.05, 4.69) is 9.97 Å². The molecule has 0 aliphatic carbocycles. The highest BCUT2D eigenvalue weighted by Crippen LogP contribution is 2.32. The third-order valence-electron chi connectivity index (χ3n) is 3.13. The number of nitro groups is 1. The molecule has 110 valence electrons. The number of hydrogen-bond acceptors (Lipinski definition) is 6. The van der Waals surface area contributed by atoms with Crippen molar-refractivity contribution >= 4 is 11.6 Å². The summed E-state index contributed by atoms with van der Waals surface area (Å²) in [4.78, 5) is 19.0. The van der Waals surface area contributed by atoms with E-state index in [9.17, 15) is 10.1 Å². The van der Waals surface area contributed by atoms with Gasteiger partial charge in [-0.25, -0.2) is 9.97 Å². The van der Waals surface area contributed by atoms with Crippen molar-refractivity contribution in [1.82, 2.24) is 9.97 Å². The Hall–Kier alpha value is -3.22. The van der Waals surface area contributed by atoms with Crippen molar-refractivity contribution < 1.29 is 9.34 Å². The second-order valence-corrected chi connectivity index (χ2v) is 4.62. The molecular weight excluding hydrogens is 284 g/mol. The quantitative estimate of drug-likeness (QED) is 0.585. The first-order valence-corrected chi connectivity index (χ1v) is 6.53. The van der Waals surface area contributed by atoms with E-state index in [0.717, 1.165) is 5.56 Å². The van der Waals surface area contributed by atoms with Gasteiger partial charge in [0, 0.05) is 6.42 Å². The molecule has 3 aromatic rings.